The first-order chi connectivity index (χ1) is 10.7. The van der Waals surface area contributed by atoms with Crippen molar-refractivity contribution < 1.29 is 14.3 Å². The summed E-state index contributed by atoms with van der Waals surface area (Å²) in [6.07, 6.45) is 0. The summed E-state index contributed by atoms with van der Waals surface area (Å²) in [5.41, 5.74) is 1.56. The number of esters is 1. The predicted octanol–water partition coefficient (Wildman–Crippen LogP) is 2.99. The van der Waals surface area contributed by atoms with E-state index in [1.807, 2.05) is 6.07 Å². The van der Waals surface area contributed by atoms with Crippen LogP contribution in [0.15, 0.2) is 48.5 Å². The molecule has 2 aromatic rings. The fraction of sp³-hybridized carbons (Fsp3) is 0.118. The lowest BCUT2D eigenvalue weighted by atomic mass is 10.1. The molecule has 22 heavy (non-hydrogen) atoms. The predicted molar refractivity (Wildman–Crippen MR) is 81.5 cm³/mol. The van der Waals surface area contributed by atoms with E-state index >= 15 is 0 Å². The van der Waals surface area contributed by atoms with Crippen LogP contribution in [0.1, 0.15) is 33.2 Å². The van der Waals surface area contributed by atoms with Crippen molar-refractivity contribution >= 4 is 17.6 Å². The zero-order valence-corrected chi connectivity index (χ0v) is 12.0. The maximum Gasteiger partial charge on any atom is 0.340 e. The molecule has 2 rings (SSSR count). The van der Waals surface area contributed by atoms with Crippen LogP contribution < -0.4 is 5.32 Å². The van der Waals surface area contributed by atoms with E-state index < -0.39 is 5.97 Å². The van der Waals surface area contributed by atoms with Gasteiger partial charge in [-0.15, -0.1) is 0 Å². The molecule has 0 spiro atoms. The average Bonchev–Trinajstić information content (AvgIpc) is 2.55. The zero-order chi connectivity index (χ0) is 15.9. The van der Waals surface area contributed by atoms with Gasteiger partial charge in [-0.05, 0) is 43.3 Å². The molecule has 0 aliphatic heterocycles. The third kappa shape index (κ3) is 3.49. The first-order valence-corrected chi connectivity index (χ1v) is 6.73. The number of para-hydroxylation sites is 1. The molecule has 0 aliphatic carbocycles. The highest BCUT2D eigenvalue weighted by Gasteiger charge is 2.14. The lowest BCUT2D eigenvalue weighted by Crippen LogP contribution is -2.15. The summed E-state index contributed by atoms with van der Waals surface area (Å²) in [5.74, 6) is -0.848. The Hall–Kier alpha value is -3.13. The summed E-state index contributed by atoms with van der Waals surface area (Å²) in [7, 11) is 0. The lowest BCUT2D eigenvalue weighted by molar-refractivity contribution is 0.0527. The van der Waals surface area contributed by atoms with Gasteiger partial charge in [-0.2, -0.15) is 5.26 Å². The largest absolute Gasteiger partial charge is 0.462 e. The number of ether oxygens (including phenoxy) is 1. The van der Waals surface area contributed by atoms with Crippen LogP contribution in [0.25, 0.3) is 0 Å². The van der Waals surface area contributed by atoms with Crippen molar-refractivity contribution in [3.8, 4) is 6.07 Å². The molecule has 0 radical (unpaired) electrons. The monoisotopic (exact) mass is 294 g/mol. The zero-order valence-electron chi connectivity index (χ0n) is 12.0. The second-order valence-corrected chi connectivity index (χ2v) is 4.41. The van der Waals surface area contributed by atoms with Crippen molar-refractivity contribution in [2.75, 3.05) is 11.9 Å². The summed E-state index contributed by atoms with van der Waals surface area (Å²) < 4.78 is 4.96. The molecule has 0 aromatic heterocycles. The van der Waals surface area contributed by atoms with E-state index in [-0.39, 0.29) is 12.5 Å². The standard InChI is InChI=1S/C17H14N2O3/c1-2-22-17(21)14-5-3-4-6-15(14)19-16(20)13-9-7-12(11-18)8-10-13/h3-10H,2H2,1H3,(H,19,20). The minimum atomic E-state index is -0.488. The highest BCUT2D eigenvalue weighted by molar-refractivity contribution is 6.08. The molecule has 1 amide bonds. The SMILES string of the molecule is CCOC(=O)c1ccccc1NC(=O)c1ccc(C#N)cc1. The molecule has 0 saturated heterocycles. The molecule has 0 fully saturated rings. The van der Waals surface area contributed by atoms with E-state index in [2.05, 4.69) is 5.32 Å². The minimum Gasteiger partial charge on any atom is -0.462 e. The van der Waals surface area contributed by atoms with E-state index in [1.54, 1.807) is 55.5 Å². The Balaban J connectivity index is 2.21. The Kier molecular flexibility index (Phi) is 4.89. The molecule has 0 unspecified atom stereocenters. The maximum atomic E-state index is 12.2. The number of nitrogens with zero attached hydrogens (tertiary/aromatic N) is 1. The number of benzene rings is 2. The topological polar surface area (TPSA) is 79.2 Å². The highest BCUT2D eigenvalue weighted by Crippen LogP contribution is 2.17. The van der Waals surface area contributed by atoms with Gasteiger partial charge in [0, 0.05) is 5.56 Å². The van der Waals surface area contributed by atoms with Gasteiger partial charge in [-0.25, -0.2) is 4.79 Å². The second-order valence-electron chi connectivity index (χ2n) is 4.41. The van der Waals surface area contributed by atoms with E-state index in [0.717, 1.165) is 0 Å². The van der Waals surface area contributed by atoms with Gasteiger partial charge in [0.05, 0.1) is 29.5 Å². The van der Waals surface area contributed by atoms with Crippen LogP contribution in [0.3, 0.4) is 0 Å². The first-order valence-electron chi connectivity index (χ1n) is 6.73. The number of hydrogen-bond acceptors (Lipinski definition) is 4. The van der Waals surface area contributed by atoms with Gasteiger partial charge in [0.1, 0.15) is 0 Å². The summed E-state index contributed by atoms with van der Waals surface area (Å²) in [4.78, 5) is 24.1. The highest BCUT2D eigenvalue weighted by atomic mass is 16.5. The molecular weight excluding hydrogens is 280 g/mol. The van der Waals surface area contributed by atoms with Crippen molar-refractivity contribution in [3.63, 3.8) is 0 Å². The molecular formula is C17H14N2O3. The Morgan fingerprint density at radius 3 is 2.45 bits per heavy atom. The maximum absolute atomic E-state index is 12.2. The average molecular weight is 294 g/mol. The molecule has 110 valence electrons. The molecule has 2 aromatic carbocycles. The first kappa shape index (κ1) is 15.3. The smallest absolute Gasteiger partial charge is 0.340 e. The Bertz CT molecular complexity index is 730. The van der Waals surface area contributed by atoms with Crippen LogP contribution in [0, 0.1) is 11.3 Å². The fourth-order valence-electron chi connectivity index (χ4n) is 1.87. The van der Waals surface area contributed by atoms with Gasteiger partial charge in [-0.1, -0.05) is 12.1 Å². The summed E-state index contributed by atoms with van der Waals surface area (Å²) in [6, 6.07) is 14.9. The summed E-state index contributed by atoms with van der Waals surface area (Å²) in [5, 5.41) is 11.4. The van der Waals surface area contributed by atoms with Crippen LogP contribution in [0.5, 0.6) is 0 Å². The molecule has 0 bridgehead atoms. The van der Waals surface area contributed by atoms with E-state index in [9.17, 15) is 9.59 Å². The van der Waals surface area contributed by atoms with Crippen molar-refractivity contribution in [1.82, 2.24) is 0 Å². The van der Waals surface area contributed by atoms with Crippen LogP contribution in [-0.2, 0) is 4.74 Å². The molecule has 1 N–H and O–H groups in total. The Morgan fingerprint density at radius 1 is 1.14 bits per heavy atom. The number of nitrogens with one attached hydrogen (secondary N) is 1. The van der Waals surface area contributed by atoms with Crippen LogP contribution in [-0.4, -0.2) is 18.5 Å². The fourth-order valence-corrected chi connectivity index (χ4v) is 1.87. The Labute approximate surface area is 128 Å². The number of carbonyl (C=O) groups is 2. The third-order valence-electron chi connectivity index (χ3n) is 2.95. The molecule has 0 atom stereocenters. The summed E-state index contributed by atoms with van der Waals surface area (Å²) in [6.45, 7) is 1.98. The molecule has 5 nitrogen and oxygen atoms in total. The van der Waals surface area contributed by atoms with Crippen LogP contribution >= 0.6 is 0 Å². The molecule has 5 heteroatoms. The number of anilines is 1. The van der Waals surface area contributed by atoms with Gasteiger partial charge in [-0.3, -0.25) is 4.79 Å². The molecule has 0 saturated carbocycles. The van der Waals surface area contributed by atoms with Gasteiger partial charge in [0.2, 0.25) is 0 Å². The quantitative estimate of drug-likeness (QED) is 0.879. The number of rotatable bonds is 4. The number of carbonyl (C=O) groups excluding carboxylic acids is 2. The number of amides is 1. The van der Waals surface area contributed by atoms with Gasteiger partial charge >= 0.3 is 5.97 Å². The van der Waals surface area contributed by atoms with Gasteiger partial charge in [0.15, 0.2) is 0 Å². The van der Waals surface area contributed by atoms with E-state index in [4.69, 9.17) is 10.00 Å². The molecule has 0 aliphatic rings. The van der Waals surface area contributed by atoms with Crippen LogP contribution in [0.4, 0.5) is 5.69 Å². The summed E-state index contributed by atoms with van der Waals surface area (Å²) >= 11 is 0. The van der Waals surface area contributed by atoms with Crippen LogP contribution in [0.2, 0.25) is 0 Å². The van der Waals surface area contributed by atoms with Crippen molar-refractivity contribution in [1.29, 1.82) is 5.26 Å². The second kappa shape index (κ2) is 7.04. The Morgan fingerprint density at radius 2 is 1.82 bits per heavy atom. The lowest BCUT2D eigenvalue weighted by Gasteiger charge is -2.10. The minimum absolute atomic E-state index is 0.261. The van der Waals surface area contributed by atoms with Crippen molar-refractivity contribution in [2.24, 2.45) is 0 Å². The van der Waals surface area contributed by atoms with Crippen molar-refractivity contribution in [2.45, 2.75) is 6.92 Å². The third-order valence-corrected chi connectivity index (χ3v) is 2.95. The van der Waals surface area contributed by atoms with E-state index in [0.29, 0.717) is 22.4 Å². The molecule has 0 heterocycles. The van der Waals surface area contributed by atoms with Gasteiger partial charge in [0.25, 0.3) is 5.91 Å². The van der Waals surface area contributed by atoms with Crippen molar-refractivity contribution in [3.05, 3.63) is 65.2 Å². The normalized spacial score (nSPS) is 9.64. The number of hydrogen-bond donors (Lipinski definition) is 1. The van der Waals surface area contributed by atoms with Gasteiger partial charge < -0.3 is 10.1 Å². The number of nitriles is 1. The van der Waals surface area contributed by atoms with E-state index in [1.165, 1.54) is 0 Å².